The Morgan fingerprint density at radius 2 is 1.60 bits per heavy atom. The molecule has 0 amide bonds. The van der Waals surface area contributed by atoms with E-state index in [0.29, 0.717) is 0 Å². The summed E-state index contributed by atoms with van der Waals surface area (Å²) in [4.78, 5) is 0. The van der Waals surface area contributed by atoms with Crippen LogP contribution in [0.25, 0.3) is 10.8 Å². The van der Waals surface area contributed by atoms with Crippen LogP contribution in [0.15, 0.2) is 65.1 Å². The lowest BCUT2D eigenvalue weighted by molar-refractivity contribution is 0.220. The van der Waals surface area contributed by atoms with Crippen LogP contribution in [0, 0.1) is 6.92 Å². The number of hydrogen-bond acceptors (Lipinski definition) is 1. The van der Waals surface area contributed by atoms with Gasteiger partial charge in [0.25, 0.3) is 0 Å². The summed E-state index contributed by atoms with van der Waals surface area (Å²) in [6, 6.07) is 20.3. The highest BCUT2D eigenvalue weighted by molar-refractivity contribution is 9.10. The van der Waals surface area contributed by atoms with Gasteiger partial charge in [0, 0.05) is 4.47 Å². The van der Waals surface area contributed by atoms with Gasteiger partial charge in [-0.2, -0.15) is 0 Å². The maximum absolute atomic E-state index is 10.6. The van der Waals surface area contributed by atoms with E-state index in [2.05, 4.69) is 40.2 Å². The number of fused-ring (bicyclic) bond motifs is 1. The quantitative estimate of drug-likeness (QED) is 0.703. The number of aryl methyl sites for hydroxylation is 1. The van der Waals surface area contributed by atoms with Gasteiger partial charge in [0.15, 0.2) is 0 Å². The lowest BCUT2D eigenvalue weighted by Crippen LogP contribution is -2.00. The Bertz CT molecular complexity index is 744. The van der Waals surface area contributed by atoms with E-state index < -0.39 is 6.10 Å². The third kappa shape index (κ3) is 2.62. The topological polar surface area (TPSA) is 20.2 Å². The Morgan fingerprint density at radius 1 is 0.850 bits per heavy atom. The zero-order chi connectivity index (χ0) is 14.1. The van der Waals surface area contributed by atoms with Crippen molar-refractivity contribution >= 4 is 26.7 Å². The SMILES string of the molecule is Cc1cc(Br)cc(C(O)c2ccc3ccccc3c2)c1. The van der Waals surface area contributed by atoms with Crippen LogP contribution in [0.3, 0.4) is 0 Å². The normalized spacial score (nSPS) is 12.6. The van der Waals surface area contributed by atoms with Crippen molar-refractivity contribution in [1.29, 1.82) is 0 Å². The summed E-state index contributed by atoms with van der Waals surface area (Å²) in [6.45, 7) is 2.03. The van der Waals surface area contributed by atoms with Gasteiger partial charge in [-0.3, -0.25) is 0 Å². The molecule has 0 radical (unpaired) electrons. The van der Waals surface area contributed by atoms with Gasteiger partial charge >= 0.3 is 0 Å². The summed E-state index contributed by atoms with van der Waals surface area (Å²) >= 11 is 3.48. The molecule has 0 bridgehead atoms. The Balaban J connectivity index is 2.05. The van der Waals surface area contributed by atoms with Crippen molar-refractivity contribution in [3.63, 3.8) is 0 Å². The predicted molar refractivity (Wildman–Crippen MR) is 86.9 cm³/mol. The Labute approximate surface area is 127 Å². The van der Waals surface area contributed by atoms with Gasteiger partial charge in [0.1, 0.15) is 6.10 Å². The van der Waals surface area contributed by atoms with Gasteiger partial charge in [-0.15, -0.1) is 0 Å². The van der Waals surface area contributed by atoms with Gasteiger partial charge in [-0.25, -0.2) is 0 Å². The van der Waals surface area contributed by atoms with Gasteiger partial charge in [-0.1, -0.05) is 58.4 Å². The molecule has 2 heteroatoms. The highest BCUT2D eigenvalue weighted by atomic mass is 79.9. The van der Waals surface area contributed by atoms with E-state index in [0.717, 1.165) is 26.5 Å². The van der Waals surface area contributed by atoms with Crippen molar-refractivity contribution in [3.8, 4) is 0 Å². The van der Waals surface area contributed by atoms with E-state index in [9.17, 15) is 5.11 Å². The number of benzene rings is 3. The molecule has 0 saturated heterocycles. The molecule has 20 heavy (non-hydrogen) atoms. The number of aliphatic hydroxyl groups is 1. The molecule has 100 valence electrons. The lowest BCUT2D eigenvalue weighted by atomic mass is 9.97. The molecule has 3 rings (SSSR count). The van der Waals surface area contributed by atoms with E-state index in [1.165, 1.54) is 5.39 Å². The van der Waals surface area contributed by atoms with Crippen molar-refractivity contribution in [1.82, 2.24) is 0 Å². The molecule has 1 N–H and O–H groups in total. The maximum Gasteiger partial charge on any atom is 0.104 e. The fourth-order valence-electron chi connectivity index (χ4n) is 2.49. The summed E-state index contributed by atoms with van der Waals surface area (Å²) < 4.78 is 0.993. The van der Waals surface area contributed by atoms with Crippen LogP contribution in [0.5, 0.6) is 0 Å². The molecule has 1 atom stereocenters. The molecule has 0 heterocycles. The zero-order valence-corrected chi connectivity index (χ0v) is 12.8. The first-order valence-electron chi connectivity index (χ1n) is 6.57. The van der Waals surface area contributed by atoms with Gasteiger partial charge in [0.2, 0.25) is 0 Å². The number of aliphatic hydroxyl groups excluding tert-OH is 1. The molecule has 1 nitrogen and oxygen atoms in total. The fraction of sp³-hybridized carbons (Fsp3) is 0.111. The summed E-state index contributed by atoms with van der Waals surface area (Å²) in [5, 5.41) is 12.9. The van der Waals surface area contributed by atoms with Gasteiger partial charge in [-0.05, 0) is 52.6 Å². The minimum atomic E-state index is -0.601. The average Bonchev–Trinajstić information content (AvgIpc) is 2.45. The third-order valence-electron chi connectivity index (χ3n) is 3.47. The molecule has 0 saturated carbocycles. The van der Waals surface area contributed by atoms with Gasteiger partial charge < -0.3 is 5.11 Å². The molecule has 0 aliphatic rings. The molecule has 0 aliphatic carbocycles. The van der Waals surface area contributed by atoms with E-state index in [-0.39, 0.29) is 0 Å². The van der Waals surface area contributed by atoms with Crippen molar-refractivity contribution in [3.05, 3.63) is 81.8 Å². The first-order valence-corrected chi connectivity index (χ1v) is 7.36. The minimum Gasteiger partial charge on any atom is -0.384 e. The number of halogens is 1. The van der Waals surface area contributed by atoms with Crippen LogP contribution in [0.1, 0.15) is 22.8 Å². The van der Waals surface area contributed by atoms with Crippen LogP contribution in [-0.4, -0.2) is 5.11 Å². The van der Waals surface area contributed by atoms with E-state index >= 15 is 0 Å². The number of hydrogen-bond donors (Lipinski definition) is 1. The van der Waals surface area contributed by atoms with Gasteiger partial charge in [0.05, 0.1) is 0 Å². The van der Waals surface area contributed by atoms with Crippen molar-refractivity contribution < 1.29 is 5.11 Å². The Morgan fingerprint density at radius 3 is 2.35 bits per heavy atom. The summed E-state index contributed by atoms with van der Waals surface area (Å²) in [7, 11) is 0. The first-order chi connectivity index (χ1) is 9.63. The van der Waals surface area contributed by atoms with Crippen molar-refractivity contribution in [2.75, 3.05) is 0 Å². The largest absolute Gasteiger partial charge is 0.384 e. The minimum absolute atomic E-state index is 0.601. The lowest BCUT2D eigenvalue weighted by Gasteiger charge is -2.13. The smallest absolute Gasteiger partial charge is 0.104 e. The molecule has 1 unspecified atom stereocenters. The molecule has 0 fully saturated rings. The van der Waals surface area contributed by atoms with Crippen LogP contribution in [0.4, 0.5) is 0 Å². The molecular formula is C18H15BrO. The van der Waals surface area contributed by atoms with E-state index in [4.69, 9.17) is 0 Å². The standard InChI is InChI=1S/C18H15BrO/c1-12-8-16(11-17(19)9-12)18(20)15-7-6-13-4-2-3-5-14(13)10-15/h2-11,18,20H,1H3. The van der Waals surface area contributed by atoms with Crippen LogP contribution < -0.4 is 0 Å². The molecule has 3 aromatic rings. The second-order valence-electron chi connectivity index (χ2n) is 5.07. The van der Waals surface area contributed by atoms with E-state index in [1.54, 1.807) is 0 Å². The molecule has 3 aromatic carbocycles. The zero-order valence-electron chi connectivity index (χ0n) is 11.2. The third-order valence-corrected chi connectivity index (χ3v) is 3.93. The monoisotopic (exact) mass is 326 g/mol. The molecular weight excluding hydrogens is 312 g/mol. The second-order valence-corrected chi connectivity index (χ2v) is 5.99. The summed E-state index contributed by atoms with van der Waals surface area (Å²) in [5.41, 5.74) is 2.96. The first kappa shape index (κ1) is 13.3. The fourth-order valence-corrected chi connectivity index (χ4v) is 3.12. The summed E-state index contributed by atoms with van der Waals surface area (Å²) in [5.74, 6) is 0. The van der Waals surface area contributed by atoms with Crippen LogP contribution >= 0.6 is 15.9 Å². The van der Waals surface area contributed by atoms with Crippen molar-refractivity contribution in [2.24, 2.45) is 0 Å². The molecule has 0 aliphatic heterocycles. The Hall–Kier alpha value is -1.64. The number of rotatable bonds is 2. The van der Waals surface area contributed by atoms with Crippen LogP contribution in [0.2, 0.25) is 0 Å². The maximum atomic E-state index is 10.6. The second kappa shape index (κ2) is 5.39. The Kier molecular flexibility index (Phi) is 3.60. The van der Waals surface area contributed by atoms with E-state index in [1.807, 2.05) is 43.3 Å². The highest BCUT2D eigenvalue weighted by Gasteiger charge is 2.12. The highest BCUT2D eigenvalue weighted by Crippen LogP contribution is 2.28. The molecule has 0 spiro atoms. The predicted octanol–water partition coefficient (Wildman–Crippen LogP) is 4.99. The average molecular weight is 327 g/mol. The molecule has 0 aromatic heterocycles. The summed E-state index contributed by atoms with van der Waals surface area (Å²) in [6.07, 6.45) is -0.601. The van der Waals surface area contributed by atoms with Crippen LogP contribution in [-0.2, 0) is 0 Å². The van der Waals surface area contributed by atoms with Crippen molar-refractivity contribution in [2.45, 2.75) is 13.0 Å².